The minimum atomic E-state index is -0.607. The maximum Gasteiger partial charge on any atom is 0.269 e. The molecule has 0 saturated heterocycles. The second-order valence-electron chi connectivity index (χ2n) is 5.68. The average Bonchev–Trinajstić information content (AvgIpc) is 2.65. The van der Waals surface area contributed by atoms with Gasteiger partial charge in [-0.05, 0) is 61.0 Å². The molecule has 2 aromatic rings. The topological polar surface area (TPSA) is 62.4 Å². The summed E-state index contributed by atoms with van der Waals surface area (Å²) < 4.78 is 18.5. The van der Waals surface area contributed by atoms with Crippen LogP contribution in [-0.4, -0.2) is 18.1 Å². The number of thiocarbonyl (C=S) groups is 1. The van der Waals surface area contributed by atoms with Crippen molar-refractivity contribution in [3.8, 4) is 5.75 Å². The van der Waals surface area contributed by atoms with E-state index in [0.29, 0.717) is 0 Å². The predicted octanol–water partition coefficient (Wildman–Crippen LogP) is 3.81. The first-order chi connectivity index (χ1) is 12.5. The van der Waals surface area contributed by atoms with E-state index >= 15 is 0 Å². The molecular formula is C19H22FN3O2S. The van der Waals surface area contributed by atoms with Crippen molar-refractivity contribution in [2.75, 3.05) is 12.4 Å². The molecular weight excluding hydrogens is 353 g/mol. The van der Waals surface area contributed by atoms with Crippen LogP contribution in [0.25, 0.3) is 0 Å². The maximum absolute atomic E-state index is 13.6. The van der Waals surface area contributed by atoms with E-state index in [4.69, 9.17) is 17.0 Å². The Labute approximate surface area is 157 Å². The number of anilines is 1. The van der Waals surface area contributed by atoms with Crippen molar-refractivity contribution in [3.05, 3.63) is 59.4 Å². The van der Waals surface area contributed by atoms with Crippen molar-refractivity contribution < 1.29 is 13.9 Å². The molecule has 0 aromatic heterocycles. The van der Waals surface area contributed by atoms with Crippen molar-refractivity contribution >= 4 is 28.9 Å². The largest absolute Gasteiger partial charge is 0.494 e. The third-order valence-electron chi connectivity index (χ3n) is 3.73. The molecule has 0 unspecified atom stereocenters. The summed E-state index contributed by atoms with van der Waals surface area (Å²) in [4.78, 5) is 12.0. The van der Waals surface area contributed by atoms with Gasteiger partial charge in [0.05, 0.1) is 7.11 Å². The lowest BCUT2D eigenvalue weighted by atomic mass is 10.1. The van der Waals surface area contributed by atoms with Crippen LogP contribution in [0.1, 0.15) is 35.7 Å². The van der Waals surface area contributed by atoms with E-state index in [1.54, 1.807) is 0 Å². The van der Waals surface area contributed by atoms with Crippen LogP contribution < -0.4 is 20.9 Å². The maximum atomic E-state index is 13.6. The third-order valence-corrected chi connectivity index (χ3v) is 3.94. The molecule has 0 atom stereocenters. The fourth-order valence-corrected chi connectivity index (χ4v) is 2.46. The Kier molecular flexibility index (Phi) is 7.35. The van der Waals surface area contributed by atoms with Gasteiger partial charge < -0.3 is 10.1 Å². The molecule has 0 aliphatic carbocycles. The molecule has 0 saturated carbocycles. The van der Waals surface area contributed by atoms with Crippen LogP contribution in [0.15, 0.2) is 42.5 Å². The Morgan fingerprint density at radius 2 is 1.88 bits per heavy atom. The molecule has 2 aromatic carbocycles. The van der Waals surface area contributed by atoms with Gasteiger partial charge in [0.1, 0.15) is 0 Å². The molecule has 3 N–H and O–H groups in total. The van der Waals surface area contributed by atoms with Gasteiger partial charge in [-0.15, -0.1) is 0 Å². The van der Waals surface area contributed by atoms with Crippen LogP contribution in [0, 0.1) is 5.82 Å². The molecule has 0 bridgehead atoms. The number of hydrogen-bond acceptors (Lipinski definition) is 3. The lowest BCUT2D eigenvalue weighted by Crippen LogP contribution is -2.43. The molecule has 0 aliphatic rings. The van der Waals surface area contributed by atoms with Crippen molar-refractivity contribution in [1.29, 1.82) is 0 Å². The number of aryl methyl sites for hydroxylation is 1. The number of benzene rings is 2. The summed E-state index contributed by atoms with van der Waals surface area (Å²) in [6.45, 7) is 2.16. The Morgan fingerprint density at radius 3 is 2.50 bits per heavy atom. The van der Waals surface area contributed by atoms with Crippen LogP contribution in [-0.2, 0) is 6.42 Å². The zero-order valence-corrected chi connectivity index (χ0v) is 15.6. The van der Waals surface area contributed by atoms with Gasteiger partial charge in [-0.2, -0.15) is 0 Å². The lowest BCUT2D eigenvalue weighted by molar-refractivity contribution is 0.0943. The number of carbonyl (C=O) groups is 1. The number of halogens is 1. The highest BCUT2D eigenvalue weighted by atomic mass is 32.1. The minimum Gasteiger partial charge on any atom is -0.494 e. The highest BCUT2D eigenvalue weighted by Gasteiger charge is 2.10. The summed E-state index contributed by atoms with van der Waals surface area (Å²) in [5, 5.41) is 3.20. The van der Waals surface area contributed by atoms with Crippen molar-refractivity contribution in [2.24, 2.45) is 0 Å². The van der Waals surface area contributed by atoms with Gasteiger partial charge in [-0.3, -0.25) is 15.6 Å². The number of unbranched alkanes of at least 4 members (excludes halogenated alkanes) is 1. The van der Waals surface area contributed by atoms with Crippen molar-refractivity contribution in [2.45, 2.75) is 26.2 Å². The van der Waals surface area contributed by atoms with Gasteiger partial charge in [0.15, 0.2) is 16.7 Å². The SMILES string of the molecule is CCCCc1ccc(NC(=S)NNC(=O)c2ccc(OC)c(F)c2)cc1. The van der Waals surface area contributed by atoms with E-state index in [9.17, 15) is 9.18 Å². The van der Waals surface area contributed by atoms with Crippen LogP contribution in [0.4, 0.5) is 10.1 Å². The predicted molar refractivity (Wildman–Crippen MR) is 105 cm³/mol. The van der Waals surface area contributed by atoms with Gasteiger partial charge >= 0.3 is 0 Å². The number of rotatable bonds is 6. The minimum absolute atomic E-state index is 0.0779. The molecule has 5 nitrogen and oxygen atoms in total. The molecule has 26 heavy (non-hydrogen) atoms. The first-order valence-electron chi connectivity index (χ1n) is 8.33. The highest BCUT2D eigenvalue weighted by Crippen LogP contribution is 2.17. The highest BCUT2D eigenvalue weighted by molar-refractivity contribution is 7.80. The van der Waals surface area contributed by atoms with Crippen LogP contribution in [0.2, 0.25) is 0 Å². The first-order valence-corrected chi connectivity index (χ1v) is 8.74. The number of hydrazine groups is 1. The number of nitrogens with one attached hydrogen (secondary N) is 3. The van der Waals surface area contributed by atoms with E-state index in [2.05, 4.69) is 23.1 Å². The van der Waals surface area contributed by atoms with Crippen molar-refractivity contribution in [1.82, 2.24) is 10.9 Å². The van der Waals surface area contributed by atoms with Gasteiger partial charge in [0, 0.05) is 11.3 Å². The lowest BCUT2D eigenvalue weighted by Gasteiger charge is -2.12. The summed E-state index contributed by atoms with van der Waals surface area (Å²) in [6, 6.07) is 11.9. The van der Waals surface area contributed by atoms with E-state index in [1.165, 1.54) is 24.8 Å². The van der Waals surface area contributed by atoms with Gasteiger partial charge in [0.25, 0.3) is 5.91 Å². The summed E-state index contributed by atoms with van der Waals surface area (Å²) in [7, 11) is 1.36. The standard InChI is InChI=1S/C19H22FN3O2S/c1-3-4-5-13-6-9-15(10-7-13)21-19(26)23-22-18(24)14-8-11-17(25-2)16(20)12-14/h6-12H,3-5H2,1-2H3,(H,22,24)(H2,21,23,26). The van der Waals surface area contributed by atoms with E-state index in [-0.39, 0.29) is 16.4 Å². The summed E-state index contributed by atoms with van der Waals surface area (Å²) in [5.74, 6) is -1.04. The summed E-state index contributed by atoms with van der Waals surface area (Å²) in [6.07, 6.45) is 3.37. The fraction of sp³-hybridized carbons (Fsp3) is 0.263. The Morgan fingerprint density at radius 1 is 1.15 bits per heavy atom. The quantitative estimate of drug-likeness (QED) is 0.529. The van der Waals surface area contributed by atoms with Gasteiger partial charge in [-0.25, -0.2) is 4.39 Å². The van der Waals surface area contributed by atoms with Crippen LogP contribution >= 0.6 is 12.2 Å². The number of carbonyl (C=O) groups excluding carboxylic acids is 1. The summed E-state index contributed by atoms with van der Waals surface area (Å²) in [5.41, 5.74) is 7.25. The fourth-order valence-electron chi connectivity index (χ4n) is 2.29. The zero-order valence-electron chi connectivity index (χ0n) is 14.8. The Bertz CT molecular complexity index is 766. The van der Waals surface area contributed by atoms with E-state index < -0.39 is 11.7 Å². The number of ether oxygens (including phenoxy) is 1. The Balaban J connectivity index is 1.84. The molecule has 0 fully saturated rings. The smallest absolute Gasteiger partial charge is 0.269 e. The number of methoxy groups -OCH3 is 1. The monoisotopic (exact) mass is 375 g/mol. The molecule has 2 rings (SSSR count). The summed E-state index contributed by atoms with van der Waals surface area (Å²) >= 11 is 5.14. The molecule has 138 valence electrons. The molecule has 0 radical (unpaired) electrons. The second-order valence-corrected chi connectivity index (χ2v) is 6.09. The molecule has 1 amide bonds. The number of amides is 1. The van der Waals surface area contributed by atoms with E-state index in [1.807, 2.05) is 24.3 Å². The van der Waals surface area contributed by atoms with Crippen LogP contribution in [0.3, 0.4) is 0 Å². The molecule has 7 heteroatoms. The second kappa shape index (κ2) is 9.72. The van der Waals surface area contributed by atoms with E-state index in [0.717, 1.165) is 31.0 Å². The molecule has 0 spiro atoms. The molecule has 0 heterocycles. The zero-order chi connectivity index (χ0) is 18.9. The first kappa shape index (κ1) is 19.7. The third kappa shape index (κ3) is 5.70. The van der Waals surface area contributed by atoms with Gasteiger partial charge in [0.2, 0.25) is 0 Å². The Hall–Kier alpha value is -2.67. The van der Waals surface area contributed by atoms with Gasteiger partial charge in [-0.1, -0.05) is 25.5 Å². The average molecular weight is 375 g/mol. The normalized spacial score (nSPS) is 10.1. The number of hydrogen-bond donors (Lipinski definition) is 3. The van der Waals surface area contributed by atoms with Crippen LogP contribution in [0.5, 0.6) is 5.75 Å². The van der Waals surface area contributed by atoms with Crippen molar-refractivity contribution in [3.63, 3.8) is 0 Å². The molecule has 0 aliphatic heterocycles.